The van der Waals surface area contributed by atoms with Crippen LogP contribution in [0.2, 0.25) is 0 Å². The first kappa shape index (κ1) is 16.4. The van der Waals surface area contributed by atoms with E-state index in [0.29, 0.717) is 22.6 Å². The van der Waals surface area contributed by atoms with Crippen molar-refractivity contribution in [1.82, 2.24) is 9.97 Å². The summed E-state index contributed by atoms with van der Waals surface area (Å²) in [7, 11) is 1.42. The number of carbonyl (C=O) groups is 1. The fraction of sp³-hybridized carbons (Fsp3) is 0.188. The van der Waals surface area contributed by atoms with Crippen molar-refractivity contribution in [3.63, 3.8) is 0 Å². The standard InChI is InChI=1S/C16H14N4O5/c1-8-11(16(21)22)12(9-4-3-5-10(6-9)20(23)24)13-14(19-8)17-7-18-15(13)25-2/h3-7,12H,1-2H3,(H,21,22)(H,17,18,19). The van der Waals surface area contributed by atoms with Gasteiger partial charge >= 0.3 is 5.97 Å². The van der Waals surface area contributed by atoms with Crippen molar-refractivity contribution in [3.05, 3.63) is 63.1 Å². The first-order chi connectivity index (χ1) is 11.9. The summed E-state index contributed by atoms with van der Waals surface area (Å²) in [5.41, 5.74) is 1.20. The van der Waals surface area contributed by atoms with Gasteiger partial charge in [0.2, 0.25) is 5.88 Å². The molecule has 0 fully saturated rings. The topological polar surface area (TPSA) is 127 Å². The van der Waals surface area contributed by atoms with E-state index in [9.17, 15) is 20.0 Å². The number of benzene rings is 1. The number of nitro benzene ring substituents is 1. The van der Waals surface area contributed by atoms with Crippen molar-refractivity contribution in [1.29, 1.82) is 0 Å². The number of methoxy groups -OCH3 is 1. The normalized spacial score (nSPS) is 16.0. The molecule has 0 saturated heterocycles. The molecule has 9 nitrogen and oxygen atoms in total. The molecule has 0 bridgehead atoms. The monoisotopic (exact) mass is 342 g/mol. The van der Waals surface area contributed by atoms with Gasteiger partial charge in [0.05, 0.1) is 29.1 Å². The first-order valence-corrected chi connectivity index (χ1v) is 7.28. The molecule has 1 aromatic carbocycles. The van der Waals surface area contributed by atoms with E-state index in [4.69, 9.17) is 4.74 Å². The third-order valence-electron chi connectivity index (χ3n) is 3.97. The van der Waals surface area contributed by atoms with Gasteiger partial charge in [0.25, 0.3) is 5.69 Å². The molecule has 9 heteroatoms. The highest BCUT2D eigenvalue weighted by Crippen LogP contribution is 2.44. The minimum absolute atomic E-state index is 0.0566. The molecule has 0 aliphatic carbocycles. The van der Waals surface area contributed by atoms with Gasteiger partial charge in [0.15, 0.2) is 0 Å². The van der Waals surface area contributed by atoms with Gasteiger partial charge in [-0.05, 0) is 12.5 Å². The molecule has 0 amide bonds. The maximum absolute atomic E-state index is 11.9. The number of hydrogen-bond acceptors (Lipinski definition) is 7. The lowest BCUT2D eigenvalue weighted by Gasteiger charge is -2.28. The summed E-state index contributed by atoms with van der Waals surface area (Å²) < 4.78 is 5.26. The number of carboxylic acids is 1. The maximum atomic E-state index is 11.9. The number of nitrogens with one attached hydrogen (secondary N) is 1. The van der Waals surface area contributed by atoms with Gasteiger partial charge in [0, 0.05) is 17.8 Å². The number of ether oxygens (including phenoxy) is 1. The second-order valence-electron chi connectivity index (χ2n) is 5.40. The number of non-ortho nitro benzene ring substituents is 1. The van der Waals surface area contributed by atoms with Crippen molar-refractivity contribution in [2.75, 3.05) is 12.4 Å². The van der Waals surface area contributed by atoms with E-state index >= 15 is 0 Å². The number of aliphatic carboxylic acids is 1. The van der Waals surface area contributed by atoms with Crippen molar-refractivity contribution in [2.45, 2.75) is 12.8 Å². The van der Waals surface area contributed by atoms with E-state index in [1.165, 1.54) is 31.6 Å². The van der Waals surface area contributed by atoms with Crippen LogP contribution in [0.5, 0.6) is 5.88 Å². The first-order valence-electron chi connectivity index (χ1n) is 7.28. The second-order valence-corrected chi connectivity index (χ2v) is 5.40. The number of hydrogen-bond donors (Lipinski definition) is 2. The minimum atomic E-state index is -1.14. The zero-order valence-corrected chi connectivity index (χ0v) is 13.4. The molecule has 1 unspecified atom stereocenters. The van der Waals surface area contributed by atoms with Gasteiger partial charge in [-0.3, -0.25) is 10.1 Å². The van der Waals surface area contributed by atoms with Crippen LogP contribution in [0.25, 0.3) is 0 Å². The molecule has 2 aromatic rings. The van der Waals surface area contributed by atoms with E-state index in [2.05, 4.69) is 15.3 Å². The van der Waals surface area contributed by atoms with Crippen molar-refractivity contribution in [3.8, 4) is 5.88 Å². The number of nitro groups is 1. The lowest BCUT2D eigenvalue weighted by molar-refractivity contribution is -0.384. The van der Waals surface area contributed by atoms with Gasteiger partial charge in [-0.1, -0.05) is 12.1 Å². The number of allylic oxidation sites excluding steroid dienone is 1. The Morgan fingerprint density at radius 3 is 2.80 bits per heavy atom. The average Bonchev–Trinajstić information content (AvgIpc) is 2.59. The summed E-state index contributed by atoms with van der Waals surface area (Å²) in [6.45, 7) is 1.62. The number of aromatic nitrogens is 2. The lowest BCUT2D eigenvalue weighted by Crippen LogP contribution is -2.24. The zero-order chi connectivity index (χ0) is 18.1. The van der Waals surface area contributed by atoms with E-state index in [1.54, 1.807) is 13.0 Å². The summed E-state index contributed by atoms with van der Waals surface area (Å²) in [5.74, 6) is -1.33. The Morgan fingerprint density at radius 2 is 2.16 bits per heavy atom. The van der Waals surface area contributed by atoms with Gasteiger partial charge in [-0.25, -0.2) is 14.8 Å². The molecular weight excluding hydrogens is 328 g/mol. The van der Waals surface area contributed by atoms with Crippen molar-refractivity contribution < 1.29 is 19.6 Å². The quantitative estimate of drug-likeness (QED) is 0.640. The third kappa shape index (κ3) is 2.75. The number of fused-ring (bicyclic) bond motifs is 1. The Morgan fingerprint density at radius 1 is 1.40 bits per heavy atom. The smallest absolute Gasteiger partial charge is 0.334 e. The molecule has 1 aromatic heterocycles. The van der Waals surface area contributed by atoms with Crippen molar-refractivity contribution in [2.24, 2.45) is 0 Å². The summed E-state index contributed by atoms with van der Waals surface area (Å²) in [6, 6.07) is 5.85. The molecule has 0 saturated carbocycles. The molecule has 2 heterocycles. The van der Waals surface area contributed by atoms with Crippen LogP contribution < -0.4 is 10.1 Å². The second kappa shape index (κ2) is 6.19. The Kier molecular flexibility index (Phi) is 4.05. The van der Waals surface area contributed by atoms with Crippen LogP contribution in [-0.2, 0) is 4.79 Å². The molecule has 0 radical (unpaired) electrons. The van der Waals surface area contributed by atoms with E-state index in [0.717, 1.165) is 0 Å². The molecule has 1 aliphatic rings. The fourth-order valence-corrected chi connectivity index (χ4v) is 2.94. The number of carboxylic acid groups (broad SMARTS) is 1. The van der Waals surface area contributed by atoms with Gasteiger partial charge in [-0.2, -0.15) is 0 Å². The number of nitrogens with zero attached hydrogens (tertiary/aromatic N) is 3. The summed E-state index contributed by atoms with van der Waals surface area (Å²) in [5, 5.41) is 23.7. The van der Waals surface area contributed by atoms with Crippen LogP contribution >= 0.6 is 0 Å². The number of anilines is 1. The van der Waals surface area contributed by atoms with E-state index in [1.807, 2.05) is 0 Å². The summed E-state index contributed by atoms with van der Waals surface area (Å²) >= 11 is 0. The van der Waals surface area contributed by atoms with Crippen LogP contribution in [0.3, 0.4) is 0 Å². The summed E-state index contributed by atoms with van der Waals surface area (Å²) in [6.07, 6.45) is 1.30. The molecular formula is C16H14N4O5. The SMILES string of the molecule is COc1ncnc2c1C(c1cccc([N+](=O)[O-])c1)C(C(=O)O)=C(C)N2. The third-order valence-corrected chi connectivity index (χ3v) is 3.97. The Bertz CT molecular complexity index is 909. The summed E-state index contributed by atoms with van der Waals surface area (Å²) in [4.78, 5) is 30.6. The Balaban J connectivity index is 2.30. The van der Waals surface area contributed by atoms with Crippen molar-refractivity contribution >= 4 is 17.5 Å². The highest BCUT2D eigenvalue weighted by Gasteiger charge is 2.36. The Labute approximate surface area is 142 Å². The molecule has 0 spiro atoms. The zero-order valence-electron chi connectivity index (χ0n) is 13.4. The molecule has 1 atom stereocenters. The van der Waals surface area contributed by atoms with Crippen LogP contribution in [0.1, 0.15) is 24.0 Å². The predicted octanol–water partition coefficient (Wildman–Crippen LogP) is 2.31. The van der Waals surface area contributed by atoms with Crippen LogP contribution in [0, 0.1) is 10.1 Å². The fourth-order valence-electron chi connectivity index (χ4n) is 2.94. The van der Waals surface area contributed by atoms with Gasteiger partial charge < -0.3 is 15.2 Å². The minimum Gasteiger partial charge on any atom is -0.481 e. The van der Waals surface area contributed by atoms with Crippen LogP contribution in [0.4, 0.5) is 11.5 Å². The van der Waals surface area contributed by atoms with Crippen LogP contribution in [-0.4, -0.2) is 33.1 Å². The lowest BCUT2D eigenvalue weighted by atomic mass is 9.82. The molecule has 1 aliphatic heterocycles. The molecule has 3 rings (SSSR count). The molecule has 25 heavy (non-hydrogen) atoms. The number of rotatable bonds is 4. The molecule has 128 valence electrons. The maximum Gasteiger partial charge on any atom is 0.334 e. The average molecular weight is 342 g/mol. The van der Waals surface area contributed by atoms with E-state index < -0.39 is 16.8 Å². The van der Waals surface area contributed by atoms with Crippen LogP contribution in [0.15, 0.2) is 41.9 Å². The van der Waals surface area contributed by atoms with Gasteiger partial charge in [-0.15, -0.1) is 0 Å². The van der Waals surface area contributed by atoms with E-state index in [-0.39, 0.29) is 17.1 Å². The molecule has 2 N–H and O–H groups in total. The highest BCUT2D eigenvalue weighted by atomic mass is 16.6. The largest absolute Gasteiger partial charge is 0.481 e. The highest BCUT2D eigenvalue weighted by molar-refractivity contribution is 5.93. The Hall–Kier alpha value is -3.49. The van der Waals surface area contributed by atoms with Gasteiger partial charge in [0.1, 0.15) is 12.1 Å². The predicted molar refractivity (Wildman–Crippen MR) is 87.5 cm³/mol.